The summed E-state index contributed by atoms with van der Waals surface area (Å²) >= 11 is 0. The van der Waals surface area contributed by atoms with Gasteiger partial charge in [-0.3, -0.25) is 4.99 Å². The van der Waals surface area contributed by atoms with Crippen molar-refractivity contribution in [2.45, 2.75) is 25.8 Å². The predicted molar refractivity (Wildman–Crippen MR) is 58.2 cm³/mol. The number of rotatable bonds is 0. The summed E-state index contributed by atoms with van der Waals surface area (Å²) in [5, 5.41) is 0. The molecule has 0 amide bonds. The van der Waals surface area contributed by atoms with Gasteiger partial charge in [-0.25, -0.2) is 5.84 Å². The summed E-state index contributed by atoms with van der Waals surface area (Å²) in [4.78, 5) is 4.50. The number of fused-ring (bicyclic) bond motifs is 1. The van der Waals surface area contributed by atoms with Crippen molar-refractivity contribution < 1.29 is 0 Å². The highest BCUT2D eigenvalue weighted by Crippen LogP contribution is 2.28. The number of hydrogen-bond acceptors (Lipinski definition) is 3. The number of hydrazine groups is 1. The maximum absolute atomic E-state index is 5.44. The van der Waals surface area contributed by atoms with Crippen LogP contribution >= 0.6 is 0 Å². The average Bonchev–Trinajstić information content (AvgIpc) is 2.23. The summed E-state index contributed by atoms with van der Waals surface area (Å²) in [5.41, 5.74) is 5.11. The van der Waals surface area contributed by atoms with Crippen LogP contribution in [0.5, 0.6) is 0 Å². The maximum atomic E-state index is 5.44. The molecule has 1 aromatic rings. The number of hydrogen-bond donors (Lipinski definition) is 2. The van der Waals surface area contributed by atoms with Gasteiger partial charge in [0.1, 0.15) is 5.84 Å². The third-order valence-corrected chi connectivity index (χ3v) is 2.90. The standard InChI is InChI=1S/C11H15N3/c1-7-8(2)13-11(14-12)10-6-4-3-5-9(7)10/h3-8H,12H2,1-2H3,(H,13,14). The largest absolute Gasteiger partial charge is 0.308 e. The summed E-state index contributed by atoms with van der Waals surface area (Å²) < 4.78 is 0. The van der Waals surface area contributed by atoms with Crippen molar-refractivity contribution in [3.63, 3.8) is 0 Å². The van der Waals surface area contributed by atoms with Crippen molar-refractivity contribution in [3.8, 4) is 0 Å². The molecule has 0 fully saturated rings. The van der Waals surface area contributed by atoms with Crippen LogP contribution in [0, 0.1) is 0 Å². The zero-order valence-corrected chi connectivity index (χ0v) is 8.49. The minimum atomic E-state index is 0.288. The third-order valence-electron chi connectivity index (χ3n) is 2.90. The molecule has 74 valence electrons. The van der Waals surface area contributed by atoms with Crippen molar-refractivity contribution in [2.24, 2.45) is 10.8 Å². The second kappa shape index (κ2) is 3.42. The topological polar surface area (TPSA) is 50.4 Å². The molecule has 3 N–H and O–H groups in total. The Hall–Kier alpha value is -1.35. The van der Waals surface area contributed by atoms with Crippen molar-refractivity contribution in [2.75, 3.05) is 0 Å². The van der Waals surface area contributed by atoms with Crippen molar-refractivity contribution >= 4 is 5.84 Å². The van der Waals surface area contributed by atoms with Crippen molar-refractivity contribution in [1.29, 1.82) is 0 Å². The number of nitrogens with one attached hydrogen (secondary N) is 1. The summed E-state index contributed by atoms with van der Waals surface area (Å²) in [6.45, 7) is 4.30. The lowest BCUT2D eigenvalue weighted by molar-refractivity contribution is 0.600. The smallest absolute Gasteiger partial charge is 0.143 e. The van der Waals surface area contributed by atoms with Gasteiger partial charge < -0.3 is 5.43 Å². The van der Waals surface area contributed by atoms with E-state index in [4.69, 9.17) is 5.84 Å². The molecule has 2 rings (SSSR count). The zero-order chi connectivity index (χ0) is 10.1. The molecule has 1 heterocycles. The molecule has 14 heavy (non-hydrogen) atoms. The fraction of sp³-hybridized carbons (Fsp3) is 0.364. The van der Waals surface area contributed by atoms with Gasteiger partial charge in [-0.15, -0.1) is 0 Å². The molecule has 1 aliphatic heterocycles. The van der Waals surface area contributed by atoms with Crippen molar-refractivity contribution in [1.82, 2.24) is 5.43 Å². The minimum Gasteiger partial charge on any atom is -0.308 e. The molecule has 1 aliphatic rings. The number of benzene rings is 1. The van der Waals surface area contributed by atoms with E-state index in [9.17, 15) is 0 Å². The summed E-state index contributed by atoms with van der Waals surface area (Å²) in [7, 11) is 0. The van der Waals surface area contributed by atoms with Crippen LogP contribution in [0.25, 0.3) is 0 Å². The van der Waals surface area contributed by atoms with Crippen LogP contribution < -0.4 is 11.3 Å². The van der Waals surface area contributed by atoms with Crippen molar-refractivity contribution in [3.05, 3.63) is 35.4 Å². The number of nitrogens with zero attached hydrogens (tertiary/aromatic N) is 1. The highest BCUT2D eigenvalue weighted by atomic mass is 15.3. The van der Waals surface area contributed by atoms with Gasteiger partial charge in [-0.05, 0) is 12.5 Å². The van der Waals surface area contributed by atoms with E-state index in [1.807, 2.05) is 6.07 Å². The molecule has 0 bridgehead atoms. The Balaban J connectivity index is 2.55. The van der Waals surface area contributed by atoms with Crippen LogP contribution in [0.15, 0.2) is 29.3 Å². The first-order valence-electron chi connectivity index (χ1n) is 4.87. The number of nitrogens with two attached hydrogens (primary N) is 1. The Morgan fingerprint density at radius 3 is 2.71 bits per heavy atom. The van der Waals surface area contributed by atoms with E-state index in [-0.39, 0.29) is 6.04 Å². The SMILES string of the molecule is CC1N=C(NN)c2ccccc2C1C. The van der Waals surface area contributed by atoms with Gasteiger partial charge in [0.15, 0.2) is 0 Å². The number of amidine groups is 1. The fourth-order valence-corrected chi connectivity index (χ4v) is 1.87. The van der Waals surface area contributed by atoms with Crippen LogP contribution in [-0.2, 0) is 0 Å². The molecule has 0 aliphatic carbocycles. The molecule has 0 spiro atoms. The minimum absolute atomic E-state index is 0.288. The summed E-state index contributed by atoms with van der Waals surface area (Å²) in [5.74, 6) is 6.70. The van der Waals surface area contributed by atoms with Crippen LogP contribution in [0.2, 0.25) is 0 Å². The molecule has 0 radical (unpaired) electrons. The van der Waals surface area contributed by atoms with E-state index >= 15 is 0 Å². The van der Waals surface area contributed by atoms with Gasteiger partial charge in [-0.1, -0.05) is 31.2 Å². The highest BCUT2D eigenvalue weighted by molar-refractivity contribution is 6.00. The maximum Gasteiger partial charge on any atom is 0.143 e. The summed E-state index contributed by atoms with van der Waals surface area (Å²) in [6.07, 6.45) is 0. The average molecular weight is 189 g/mol. The fourth-order valence-electron chi connectivity index (χ4n) is 1.87. The van der Waals surface area contributed by atoms with Gasteiger partial charge >= 0.3 is 0 Å². The molecule has 3 nitrogen and oxygen atoms in total. The van der Waals surface area contributed by atoms with Crippen LogP contribution in [0.3, 0.4) is 0 Å². The van der Waals surface area contributed by atoms with Gasteiger partial charge in [-0.2, -0.15) is 0 Å². The molecule has 0 saturated heterocycles. The first-order chi connectivity index (χ1) is 6.74. The van der Waals surface area contributed by atoms with Crippen LogP contribution in [-0.4, -0.2) is 11.9 Å². The molecular formula is C11H15N3. The lowest BCUT2D eigenvalue weighted by Crippen LogP contribution is -2.36. The second-order valence-electron chi connectivity index (χ2n) is 3.74. The predicted octanol–water partition coefficient (Wildman–Crippen LogP) is 1.40. The Bertz CT molecular complexity index is 371. The molecule has 1 aromatic carbocycles. The van der Waals surface area contributed by atoms with E-state index in [2.05, 4.69) is 42.5 Å². The normalized spacial score (nSPS) is 25.2. The first-order valence-corrected chi connectivity index (χ1v) is 4.87. The highest BCUT2D eigenvalue weighted by Gasteiger charge is 2.23. The Morgan fingerprint density at radius 2 is 2.00 bits per heavy atom. The second-order valence-corrected chi connectivity index (χ2v) is 3.74. The van der Waals surface area contributed by atoms with E-state index in [1.165, 1.54) is 5.56 Å². The van der Waals surface area contributed by atoms with Gasteiger partial charge in [0.25, 0.3) is 0 Å². The van der Waals surface area contributed by atoms with E-state index < -0.39 is 0 Å². The molecule has 0 aromatic heterocycles. The Kier molecular flexibility index (Phi) is 2.25. The monoisotopic (exact) mass is 189 g/mol. The third kappa shape index (κ3) is 1.30. The molecular weight excluding hydrogens is 174 g/mol. The molecule has 0 saturated carbocycles. The van der Waals surface area contributed by atoms with E-state index in [1.54, 1.807) is 0 Å². The Morgan fingerprint density at radius 1 is 1.29 bits per heavy atom. The molecule has 2 atom stereocenters. The quantitative estimate of drug-likeness (QED) is 0.479. The van der Waals surface area contributed by atoms with Gasteiger partial charge in [0.05, 0.1) is 6.04 Å². The first kappa shape index (κ1) is 9.21. The lowest BCUT2D eigenvalue weighted by atomic mass is 9.88. The molecule has 3 heteroatoms. The van der Waals surface area contributed by atoms with Crippen LogP contribution in [0.1, 0.15) is 30.9 Å². The number of aliphatic imine (C=N–C) groups is 1. The summed E-state index contributed by atoms with van der Waals surface area (Å²) in [6, 6.07) is 8.55. The lowest BCUT2D eigenvalue weighted by Gasteiger charge is -2.26. The molecule has 2 unspecified atom stereocenters. The van der Waals surface area contributed by atoms with E-state index in [0.29, 0.717) is 5.92 Å². The van der Waals surface area contributed by atoms with Gasteiger partial charge in [0, 0.05) is 11.5 Å². The zero-order valence-electron chi connectivity index (χ0n) is 8.49. The Labute approximate surface area is 84.0 Å². The van der Waals surface area contributed by atoms with Gasteiger partial charge in [0.2, 0.25) is 0 Å². The van der Waals surface area contributed by atoms with Crippen LogP contribution in [0.4, 0.5) is 0 Å². The van der Waals surface area contributed by atoms with E-state index in [0.717, 1.165) is 11.4 Å².